The first-order valence-electron chi connectivity index (χ1n) is 7.98. The molecule has 0 radical (unpaired) electrons. The molecule has 1 aromatic carbocycles. The molecular formula is C18H17F3N2O4. The van der Waals surface area contributed by atoms with Crippen LogP contribution >= 0.6 is 0 Å². The summed E-state index contributed by atoms with van der Waals surface area (Å²) in [5, 5.41) is 11.6. The van der Waals surface area contributed by atoms with Gasteiger partial charge in [0.25, 0.3) is 5.91 Å². The van der Waals surface area contributed by atoms with E-state index >= 15 is 0 Å². The van der Waals surface area contributed by atoms with E-state index in [0.29, 0.717) is 0 Å². The van der Waals surface area contributed by atoms with Crippen LogP contribution in [0.5, 0.6) is 5.88 Å². The molecule has 0 spiro atoms. The summed E-state index contributed by atoms with van der Waals surface area (Å²) in [7, 11) is 0. The Labute approximate surface area is 153 Å². The van der Waals surface area contributed by atoms with E-state index in [1.165, 1.54) is 6.07 Å². The van der Waals surface area contributed by atoms with Gasteiger partial charge in [-0.1, -0.05) is 30.3 Å². The van der Waals surface area contributed by atoms with Gasteiger partial charge in [0.2, 0.25) is 5.88 Å². The van der Waals surface area contributed by atoms with E-state index in [9.17, 15) is 22.8 Å². The molecule has 1 unspecified atom stereocenters. The molecule has 0 fully saturated rings. The fourth-order valence-electron chi connectivity index (χ4n) is 2.30. The average molecular weight is 382 g/mol. The minimum absolute atomic E-state index is 0.0541. The van der Waals surface area contributed by atoms with E-state index in [1.54, 1.807) is 30.3 Å². The fraction of sp³-hybridized carbons (Fsp3) is 0.278. The molecule has 144 valence electrons. The molecule has 9 heteroatoms. The number of alkyl halides is 3. The molecule has 0 aliphatic heterocycles. The van der Waals surface area contributed by atoms with E-state index in [-0.39, 0.29) is 24.3 Å². The number of pyridine rings is 1. The fourth-order valence-corrected chi connectivity index (χ4v) is 2.30. The Hall–Kier alpha value is -3.10. The van der Waals surface area contributed by atoms with Gasteiger partial charge in [-0.3, -0.25) is 9.59 Å². The van der Waals surface area contributed by atoms with Gasteiger partial charge in [-0.05, 0) is 18.1 Å². The van der Waals surface area contributed by atoms with Crippen molar-refractivity contribution < 1.29 is 32.6 Å². The number of hydrogen-bond donors (Lipinski definition) is 2. The van der Waals surface area contributed by atoms with Crippen molar-refractivity contribution in [1.29, 1.82) is 0 Å². The molecule has 1 aromatic heterocycles. The molecule has 1 heterocycles. The molecular weight excluding hydrogens is 365 g/mol. The minimum Gasteiger partial charge on any atom is -0.481 e. The third kappa shape index (κ3) is 6.96. The van der Waals surface area contributed by atoms with Crippen molar-refractivity contribution in [3.63, 3.8) is 0 Å². The Balaban J connectivity index is 2.11. The molecule has 2 aromatic rings. The number of aromatic nitrogens is 1. The highest BCUT2D eigenvalue weighted by Gasteiger charge is 2.28. The van der Waals surface area contributed by atoms with Gasteiger partial charge in [0.15, 0.2) is 6.61 Å². The lowest BCUT2D eigenvalue weighted by atomic mass is 10.0. The number of carbonyl (C=O) groups is 2. The zero-order valence-corrected chi connectivity index (χ0v) is 14.1. The van der Waals surface area contributed by atoms with Crippen LogP contribution in [0.2, 0.25) is 0 Å². The largest absolute Gasteiger partial charge is 0.481 e. The van der Waals surface area contributed by atoms with Gasteiger partial charge in [0.05, 0.1) is 6.04 Å². The van der Waals surface area contributed by atoms with Gasteiger partial charge in [-0.25, -0.2) is 4.98 Å². The lowest BCUT2D eigenvalue weighted by Gasteiger charge is -2.19. The third-order valence-corrected chi connectivity index (χ3v) is 3.53. The summed E-state index contributed by atoms with van der Waals surface area (Å²) in [5.74, 6) is -1.91. The van der Waals surface area contributed by atoms with Crippen LogP contribution in [0.1, 0.15) is 34.8 Å². The zero-order valence-electron chi connectivity index (χ0n) is 14.1. The molecule has 0 bridgehead atoms. The second-order valence-corrected chi connectivity index (χ2v) is 5.66. The molecule has 2 rings (SSSR count). The Morgan fingerprint density at radius 3 is 2.52 bits per heavy atom. The molecule has 2 N–H and O–H groups in total. The van der Waals surface area contributed by atoms with Crippen LogP contribution in [0.25, 0.3) is 0 Å². The number of amides is 1. The topological polar surface area (TPSA) is 88.5 Å². The van der Waals surface area contributed by atoms with Crippen molar-refractivity contribution in [3.8, 4) is 5.88 Å². The van der Waals surface area contributed by atoms with E-state index < -0.39 is 30.7 Å². The molecule has 1 amide bonds. The van der Waals surface area contributed by atoms with Crippen LogP contribution in [0.3, 0.4) is 0 Å². The summed E-state index contributed by atoms with van der Waals surface area (Å²) in [6.45, 7) is -1.52. The van der Waals surface area contributed by atoms with Crippen LogP contribution < -0.4 is 10.1 Å². The van der Waals surface area contributed by atoms with Crippen molar-refractivity contribution in [1.82, 2.24) is 10.3 Å². The van der Waals surface area contributed by atoms with Crippen LogP contribution in [0.15, 0.2) is 48.7 Å². The van der Waals surface area contributed by atoms with Crippen molar-refractivity contribution in [2.24, 2.45) is 0 Å². The Morgan fingerprint density at radius 1 is 1.19 bits per heavy atom. The number of nitrogens with zero attached hydrogens (tertiary/aromatic N) is 1. The Kier molecular flexibility index (Phi) is 6.75. The maximum absolute atomic E-state index is 12.5. The smallest absolute Gasteiger partial charge is 0.422 e. The van der Waals surface area contributed by atoms with Crippen LogP contribution in [-0.4, -0.2) is 34.8 Å². The lowest BCUT2D eigenvalue weighted by Crippen LogP contribution is -2.29. The number of ether oxygens (including phenoxy) is 1. The highest BCUT2D eigenvalue weighted by atomic mass is 19.4. The Morgan fingerprint density at radius 2 is 1.89 bits per heavy atom. The second-order valence-electron chi connectivity index (χ2n) is 5.66. The van der Waals surface area contributed by atoms with Crippen molar-refractivity contribution in [2.75, 3.05) is 6.61 Å². The van der Waals surface area contributed by atoms with E-state index in [4.69, 9.17) is 5.11 Å². The number of halogens is 3. The molecule has 0 saturated carbocycles. The second kappa shape index (κ2) is 9.02. The average Bonchev–Trinajstić information content (AvgIpc) is 2.63. The van der Waals surface area contributed by atoms with Crippen LogP contribution in [-0.2, 0) is 4.79 Å². The SMILES string of the molecule is O=C(O)CCC(NC(=O)c1ccnc(OCC(F)(F)F)c1)c1ccccc1. The van der Waals surface area contributed by atoms with Crippen LogP contribution in [0, 0.1) is 0 Å². The van der Waals surface area contributed by atoms with Crippen LogP contribution in [0.4, 0.5) is 13.2 Å². The summed E-state index contributed by atoms with van der Waals surface area (Å²) in [5.41, 5.74) is 0.771. The molecule has 0 saturated heterocycles. The standard InChI is InChI=1S/C18H17F3N2O4/c19-18(20,21)11-27-15-10-13(8-9-22-15)17(26)23-14(6-7-16(24)25)12-4-2-1-3-5-12/h1-5,8-10,14H,6-7,11H2,(H,23,26)(H,24,25). The maximum atomic E-state index is 12.5. The van der Waals surface area contributed by atoms with Gasteiger partial charge < -0.3 is 15.2 Å². The number of carboxylic acid groups (broad SMARTS) is 1. The highest BCUT2D eigenvalue weighted by Crippen LogP contribution is 2.21. The predicted octanol–water partition coefficient (Wildman–Crippen LogP) is 3.36. The molecule has 0 aliphatic rings. The first kappa shape index (κ1) is 20.2. The number of hydrogen-bond acceptors (Lipinski definition) is 4. The quantitative estimate of drug-likeness (QED) is 0.731. The van der Waals surface area contributed by atoms with E-state index in [2.05, 4.69) is 15.0 Å². The van der Waals surface area contributed by atoms with Gasteiger partial charge >= 0.3 is 12.1 Å². The normalized spacial score (nSPS) is 12.3. The number of nitrogens with one attached hydrogen (secondary N) is 1. The molecule has 1 atom stereocenters. The van der Waals surface area contributed by atoms with E-state index in [1.807, 2.05) is 0 Å². The predicted molar refractivity (Wildman–Crippen MR) is 89.3 cm³/mol. The number of benzene rings is 1. The van der Waals surface area contributed by atoms with Gasteiger partial charge in [0.1, 0.15) is 0 Å². The summed E-state index contributed by atoms with van der Waals surface area (Å²) < 4.78 is 41.2. The van der Waals surface area contributed by atoms with Gasteiger partial charge in [-0.2, -0.15) is 13.2 Å². The zero-order chi connectivity index (χ0) is 19.9. The summed E-state index contributed by atoms with van der Waals surface area (Å²) in [6, 6.07) is 10.6. The Bertz CT molecular complexity index is 782. The number of aliphatic carboxylic acids is 1. The van der Waals surface area contributed by atoms with E-state index in [0.717, 1.165) is 17.8 Å². The van der Waals surface area contributed by atoms with Gasteiger partial charge in [0, 0.05) is 24.2 Å². The summed E-state index contributed by atoms with van der Waals surface area (Å²) in [4.78, 5) is 27.0. The highest BCUT2D eigenvalue weighted by molar-refractivity contribution is 5.94. The first-order chi connectivity index (χ1) is 12.7. The summed E-state index contributed by atoms with van der Waals surface area (Å²) >= 11 is 0. The molecule has 0 aliphatic carbocycles. The number of carboxylic acids is 1. The van der Waals surface area contributed by atoms with Gasteiger partial charge in [-0.15, -0.1) is 0 Å². The summed E-state index contributed by atoms with van der Waals surface area (Å²) in [6.07, 6.45) is -3.35. The van der Waals surface area contributed by atoms with Crippen molar-refractivity contribution >= 4 is 11.9 Å². The number of rotatable bonds is 8. The molecule has 27 heavy (non-hydrogen) atoms. The first-order valence-corrected chi connectivity index (χ1v) is 7.98. The number of carbonyl (C=O) groups excluding carboxylic acids is 1. The monoisotopic (exact) mass is 382 g/mol. The lowest BCUT2D eigenvalue weighted by molar-refractivity contribution is -0.154. The van der Waals surface area contributed by atoms with Crippen molar-refractivity contribution in [2.45, 2.75) is 25.1 Å². The minimum atomic E-state index is -4.52. The third-order valence-electron chi connectivity index (χ3n) is 3.53. The molecule has 6 nitrogen and oxygen atoms in total. The maximum Gasteiger partial charge on any atom is 0.422 e. The van der Waals surface area contributed by atoms with Crippen molar-refractivity contribution in [3.05, 3.63) is 59.8 Å².